The molecule has 0 saturated carbocycles. The maximum atomic E-state index is 11.1. The Morgan fingerprint density at radius 1 is 1.35 bits per heavy atom. The van der Waals surface area contributed by atoms with Crippen LogP contribution in [-0.2, 0) is 28.8 Å². The van der Waals surface area contributed by atoms with E-state index >= 15 is 0 Å². The highest BCUT2D eigenvalue weighted by molar-refractivity contribution is 5.81. The number of hydrogen-bond acceptors (Lipinski definition) is 3. The normalized spacial score (nSPS) is 14.4. The molecular formula is C17H24O3. The quantitative estimate of drug-likeness (QED) is 0.429. The van der Waals surface area contributed by atoms with Crippen LogP contribution in [0.2, 0.25) is 0 Å². The molecule has 110 valence electrons. The number of esters is 1. The van der Waals surface area contributed by atoms with Crippen molar-refractivity contribution in [3.8, 4) is 0 Å². The van der Waals surface area contributed by atoms with Crippen molar-refractivity contribution in [3.63, 3.8) is 0 Å². The molecule has 0 atom stereocenters. The average molecular weight is 276 g/mol. The summed E-state index contributed by atoms with van der Waals surface area (Å²) in [5.41, 5.74) is 1.42. The Bertz CT molecular complexity index is 433. The van der Waals surface area contributed by atoms with Crippen molar-refractivity contribution in [3.05, 3.63) is 35.3 Å². The number of aryl methyl sites for hydroxylation is 3. The summed E-state index contributed by atoms with van der Waals surface area (Å²) in [5.74, 6) is 2.10. The summed E-state index contributed by atoms with van der Waals surface area (Å²) in [6.45, 7) is 2.25. The van der Waals surface area contributed by atoms with Gasteiger partial charge in [-0.15, -0.1) is 0 Å². The first-order valence-corrected chi connectivity index (χ1v) is 7.73. The molecule has 1 aliphatic rings. The second kappa shape index (κ2) is 7.93. The summed E-state index contributed by atoms with van der Waals surface area (Å²) in [4.78, 5) is 11.1. The predicted molar refractivity (Wildman–Crippen MR) is 78.7 cm³/mol. The first-order valence-electron chi connectivity index (χ1n) is 7.73. The SMILES string of the molecule is CCOC(=O)/C=C/CCCCc1cc2c(o1)CCCC2. The van der Waals surface area contributed by atoms with E-state index in [0.717, 1.165) is 37.9 Å². The molecule has 0 aliphatic heterocycles. The van der Waals surface area contributed by atoms with E-state index in [9.17, 15) is 4.79 Å². The highest BCUT2D eigenvalue weighted by atomic mass is 16.5. The molecule has 0 fully saturated rings. The minimum absolute atomic E-state index is 0.244. The fourth-order valence-electron chi connectivity index (χ4n) is 2.61. The highest BCUT2D eigenvalue weighted by Gasteiger charge is 2.14. The lowest BCUT2D eigenvalue weighted by atomic mass is 9.98. The molecule has 0 bridgehead atoms. The Kier molecular flexibility index (Phi) is 5.90. The number of allylic oxidation sites excluding steroid dienone is 1. The standard InChI is InChI=1S/C17H24O3/c1-2-19-17(18)12-6-4-3-5-10-15-13-14-9-7-8-11-16(14)20-15/h6,12-13H,2-5,7-11H2,1H3/b12-6+. The van der Waals surface area contributed by atoms with Gasteiger partial charge in [0.25, 0.3) is 0 Å². The van der Waals surface area contributed by atoms with E-state index in [0.29, 0.717) is 6.61 Å². The molecule has 0 N–H and O–H groups in total. The maximum Gasteiger partial charge on any atom is 0.330 e. The number of ether oxygens (including phenoxy) is 1. The molecule has 0 radical (unpaired) electrons. The summed E-state index contributed by atoms with van der Waals surface area (Å²) in [6, 6.07) is 2.24. The van der Waals surface area contributed by atoms with Crippen LogP contribution < -0.4 is 0 Å². The van der Waals surface area contributed by atoms with Gasteiger partial charge in [-0.3, -0.25) is 0 Å². The molecule has 2 rings (SSSR count). The zero-order valence-electron chi connectivity index (χ0n) is 12.3. The van der Waals surface area contributed by atoms with Gasteiger partial charge in [-0.1, -0.05) is 6.08 Å². The Labute approximate surface area is 121 Å². The zero-order valence-corrected chi connectivity index (χ0v) is 12.3. The molecule has 0 saturated heterocycles. The van der Waals surface area contributed by atoms with E-state index in [1.807, 2.05) is 13.0 Å². The van der Waals surface area contributed by atoms with Gasteiger partial charge in [0.15, 0.2) is 0 Å². The van der Waals surface area contributed by atoms with Crippen LogP contribution in [0.15, 0.2) is 22.6 Å². The second-order valence-electron chi connectivity index (χ2n) is 5.27. The van der Waals surface area contributed by atoms with Crippen LogP contribution in [-0.4, -0.2) is 12.6 Å². The van der Waals surface area contributed by atoms with Crippen molar-refractivity contribution < 1.29 is 13.9 Å². The number of carbonyl (C=O) groups excluding carboxylic acids is 1. The van der Waals surface area contributed by atoms with Crippen LogP contribution in [0.25, 0.3) is 0 Å². The van der Waals surface area contributed by atoms with Crippen LogP contribution in [0.1, 0.15) is 56.1 Å². The molecule has 0 aromatic carbocycles. The largest absolute Gasteiger partial charge is 0.466 e. The van der Waals surface area contributed by atoms with Gasteiger partial charge in [-0.2, -0.15) is 0 Å². The number of fused-ring (bicyclic) bond motifs is 1. The van der Waals surface area contributed by atoms with Crippen LogP contribution in [0.3, 0.4) is 0 Å². The zero-order chi connectivity index (χ0) is 14.2. The molecule has 1 aliphatic carbocycles. The third-order valence-corrected chi connectivity index (χ3v) is 3.63. The van der Waals surface area contributed by atoms with Gasteiger partial charge in [-0.25, -0.2) is 4.79 Å². The van der Waals surface area contributed by atoms with Crippen molar-refractivity contribution in [1.82, 2.24) is 0 Å². The van der Waals surface area contributed by atoms with Crippen LogP contribution in [0.4, 0.5) is 0 Å². The Morgan fingerprint density at radius 3 is 3.00 bits per heavy atom. The second-order valence-corrected chi connectivity index (χ2v) is 5.27. The van der Waals surface area contributed by atoms with E-state index in [1.54, 1.807) is 0 Å². The van der Waals surface area contributed by atoms with Gasteiger partial charge in [0, 0.05) is 18.9 Å². The van der Waals surface area contributed by atoms with E-state index in [4.69, 9.17) is 9.15 Å². The number of hydrogen-bond donors (Lipinski definition) is 0. The first kappa shape index (κ1) is 14.9. The summed E-state index contributed by atoms with van der Waals surface area (Å²) in [7, 11) is 0. The Balaban J connectivity index is 1.64. The average Bonchev–Trinajstić information content (AvgIpc) is 2.85. The maximum absolute atomic E-state index is 11.1. The van der Waals surface area contributed by atoms with Crippen molar-refractivity contribution in [2.24, 2.45) is 0 Å². The monoisotopic (exact) mass is 276 g/mol. The van der Waals surface area contributed by atoms with Gasteiger partial charge in [0.2, 0.25) is 0 Å². The molecule has 1 aromatic heterocycles. The smallest absolute Gasteiger partial charge is 0.330 e. The molecule has 1 heterocycles. The lowest BCUT2D eigenvalue weighted by molar-refractivity contribution is -0.137. The Hall–Kier alpha value is -1.51. The summed E-state index contributed by atoms with van der Waals surface area (Å²) in [5, 5.41) is 0. The summed E-state index contributed by atoms with van der Waals surface area (Å²) in [6.07, 6.45) is 12.3. The molecule has 3 heteroatoms. The lowest BCUT2D eigenvalue weighted by Gasteiger charge is -2.07. The molecular weight excluding hydrogens is 252 g/mol. The van der Waals surface area contributed by atoms with E-state index in [2.05, 4.69) is 6.07 Å². The first-order chi connectivity index (χ1) is 9.79. The number of unbranched alkanes of at least 4 members (excludes halogenated alkanes) is 2. The summed E-state index contributed by atoms with van der Waals surface area (Å²) >= 11 is 0. The van der Waals surface area contributed by atoms with Gasteiger partial charge >= 0.3 is 5.97 Å². The molecule has 20 heavy (non-hydrogen) atoms. The number of furan rings is 1. The third-order valence-electron chi connectivity index (χ3n) is 3.63. The minimum atomic E-state index is -0.244. The summed E-state index contributed by atoms with van der Waals surface area (Å²) < 4.78 is 10.7. The molecule has 1 aromatic rings. The highest BCUT2D eigenvalue weighted by Crippen LogP contribution is 2.25. The molecule has 0 unspecified atom stereocenters. The van der Waals surface area contributed by atoms with Crippen molar-refractivity contribution in [1.29, 1.82) is 0 Å². The van der Waals surface area contributed by atoms with Crippen LogP contribution >= 0.6 is 0 Å². The van der Waals surface area contributed by atoms with E-state index < -0.39 is 0 Å². The third kappa shape index (κ3) is 4.55. The number of carbonyl (C=O) groups is 1. The van der Waals surface area contributed by atoms with Crippen LogP contribution in [0.5, 0.6) is 0 Å². The van der Waals surface area contributed by atoms with Crippen LogP contribution in [0, 0.1) is 0 Å². The van der Waals surface area contributed by atoms with E-state index in [1.165, 1.54) is 36.7 Å². The molecule has 0 amide bonds. The molecule has 3 nitrogen and oxygen atoms in total. The Morgan fingerprint density at radius 2 is 2.20 bits per heavy atom. The number of rotatable bonds is 7. The van der Waals surface area contributed by atoms with Gasteiger partial charge in [0.1, 0.15) is 11.5 Å². The fourth-order valence-corrected chi connectivity index (χ4v) is 2.61. The minimum Gasteiger partial charge on any atom is -0.466 e. The van der Waals surface area contributed by atoms with Crippen molar-refractivity contribution >= 4 is 5.97 Å². The topological polar surface area (TPSA) is 39.4 Å². The van der Waals surface area contributed by atoms with Gasteiger partial charge in [0.05, 0.1) is 6.61 Å². The van der Waals surface area contributed by atoms with Crippen molar-refractivity contribution in [2.45, 2.75) is 58.3 Å². The van der Waals surface area contributed by atoms with Gasteiger partial charge in [-0.05, 0) is 57.1 Å². The molecule has 0 spiro atoms. The van der Waals surface area contributed by atoms with E-state index in [-0.39, 0.29) is 5.97 Å². The fraction of sp³-hybridized carbons (Fsp3) is 0.588. The lowest BCUT2D eigenvalue weighted by Crippen LogP contribution is -1.98. The predicted octanol–water partition coefficient (Wildman–Crippen LogP) is 3.99. The van der Waals surface area contributed by atoms with Gasteiger partial charge < -0.3 is 9.15 Å². The van der Waals surface area contributed by atoms with Crippen molar-refractivity contribution in [2.75, 3.05) is 6.61 Å².